The summed E-state index contributed by atoms with van der Waals surface area (Å²) < 4.78 is 5.94. The highest BCUT2D eigenvalue weighted by molar-refractivity contribution is 6.07. The Hall–Kier alpha value is -4.52. The SMILES string of the molecule is Cc1c(C(=O)NCc2ccccn2)oc2c1/C(=N/NC(=O)c1ccc(-c3ccccc3)cc1)CCC2. The Morgan fingerprint density at radius 3 is 2.42 bits per heavy atom. The van der Waals surface area contributed by atoms with Gasteiger partial charge < -0.3 is 9.73 Å². The summed E-state index contributed by atoms with van der Waals surface area (Å²) in [5, 5.41) is 7.29. The molecule has 2 N–H and O–H groups in total. The maximum Gasteiger partial charge on any atom is 0.287 e. The minimum Gasteiger partial charge on any atom is -0.455 e. The predicted octanol–water partition coefficient (Wildman–Crippen LogP) is 5.05. The maximum atomic E-state index is 12.8. The largest absolute Gasteiger partial charge is 0.455 e. The highest BCUT2D eigenvalue weighted by Crippen LogP contribution is 2.30. The molecule has 5 rings (SSSR count). The first-order valence-corrected chi connectivity index (χ1v) is 11.9. The van der Waals surface area contributed by atoms with Crippen LogP contribution in [0.5, 0.6) is 0 Å². The van der Waals surface area contributed by atoms with Crippen LogP contribution in [0.4, 0.5) is 0 Å². The van der Waals surface area contributed by atoms with Gasteiger partial charge in [0.15, 0.2) is 5.76 Å². The van der Waals surface area contributed by atoms with Crippen molar-refractivity contribution < 1.29 is 14.0 Å². The molecule has 36 heavy (non-hydrogen) atoms. The Morgan fingerprint density at radius 2 is 1.67 bits per heavy atom. The number of pyridine rings is 1. The Balaban J connectivity index is 1.29. The third-order valence-electron chi connectivity index (χ3n) is 6.23. The minimum absolute atomic E-state index is 0.272. The van der Waals surface area contributed by atoms with Crippen molar-refractivity contribution in [3.8, 4) is 11.1 Å². The summed E-state index contributed by atoms with van der Waals surface area (Å²) in [6.07, 6.45) is 3.93. The number of hydrazone groups is 1. The van der Waals surface area contributed by atoms with Crippen LogP contribution in [0, 0.1) is 6.92 Å². The quantitative estimate of drug-likeness (QED) is 0.379. The van der Waals surface area contributed by atoms with E-state index >= 15 is 0 Å². The molecule has 0 radical (unpaired) electrons. The van der Waals surface area contributed by atoms with E-state index in [4.69, 9.17) is 4.42 Å². The van der Waals surface area contributed by atoms with Crippen LogP contribution in [0.15, 0.2) is 88.5 Å². The molecule has 1 aliphatic carbocycles. The molecule has 0 spiro atoms. The number of nitrogens with zero attached hydrogens (tertiary/aromatic N) is 2. The molecule has 2 heterocycles. The molecular weight excluding hydrogens is 452 g/mol. The molecule has 0 unspecified atom stereocenters. The number of aromatic nitrogens is 1. The number of carbonyl (C=O) groups excluding carboxylic acids is 2. The van der Waals surface area contributed by atoms with Crippen molar-refractivity contribution >= 4 is 17.5 Å². The van der Waals surface area contributed by atoms with Crippen molar-refractivity contribution in [2.24, 2.45) is 5.10 Å². The molecular formula is C29H26N4O3. The second-order valence-corrected chi connectivity index (χ2v) is 8.65. The lowest BCUT2D eigenvalue weighted by atomic mass is 9.93. The van der Waals surface area contributed by atoms with Crippen LogP contribution in [0.25, 0.3) is 11.1 Å². The van der Waals surface area contributed by atoms with E-state index in [1.807, 2.05) is 67.6 Å². The summed E-state index contributed by atoms with van der Waals surface area (Å²) >= 11 is 0. The van der Waals surface area contributed by atoms with E-state index in [2.05, 4.69) is 20.8 Å². The van der Waals surface area contributed by atoms with Crippen LogP contribution < -0.4 is 10.7 Å². The van der Waals surface area contributed by atoms with Crippen molar-refractivity contribution in [3.05, 3.63) is 113 Å². The fourth-order valence-electron chi connectivity index (χ4n) is 4.38. The summed E-state index contributed by atoms with van der Waals surface area (Å²) in [6.45, 7) is 2.16. The number of hydrogen-bond acceptors (Lipinski definition) is 5. The topological polar surface area (TPSA) is 96.6 Å². The monoisotopic (exact) mass is 478 g/mol. The van der Waals surface area contributed by atoms with Gasteiger partial charge >= 0.3 is 0 Å². The summed E-state index contributed by atoms with van der Waals surface area (Å²) in [6, 6.07) is 23.0. The summed E-state index contributed by atoms with van der Waals surface area (Å²) in [5.74, 6) is 0.411. The summed E-state index contributed by atoms with van der Waals surface area (Å²) in [5.41, 5.74) is 8.35. The normalized spacial score (nSPS) is 13.8. The van der Waals surface area contributed by atoms with Gasteiger partial charge in [0.25, 0.3) is 11.8 Å². The van der Waals surface area contributed by atoms with Crippen molar-refractivity contribution in [1.82, 2.24) is 15.7 Å². The van der Waals surface area contributed by atoms with Crippen molar-refractivity contribution in [2.75, 3.05) is 0 Å². The van der Waals surface area contributed by atoms with Gasteiger partial charge in [-0.2, -0.15) is 5.10 Å². The van der Waals surface area contributed by atoms with Gasteiger partial charge in [0.1, 0.15) is 5.76 Å². The number of fused-ring (bicyclic) bond motifs is 1. The molecule has 0 saturated heterocycles. The number of nitrogens with one attached hydrogen (secondary N) is 2. The Morgan fingerprint density at radius 1 is 0.917 bits per heavy atom. The molecule has 0 saturated carbocycles. The average molecular weight is 479 g/mol. The second kappa shape index (κ2) is 10.4. The number of carbonyl (C=O) groups is 2. The van der Waals surface area contributed by atoms with E-state index in [-0.39, 0.29) is 17.6 Å². The third kappa shape index (κ3) is 4.95. The fourth-order valence-corrected chi connectivity index (χ4v) is 4.38. The second-order valence-electron chi connectivity index (χ2n) is 8.65. The lowest BCUT2D eigenvalue weighted by molar-refractivity contribution is 0.0918. The van der Waals surface area contributed by atoms with E-state index in [9.17, 15) is 9.59 Å². The first-order valence-electron chi connectivity index (χ1n) is 11.9. The first-order chi connectivity index (χ1) is 17.6. The van der Waals surface area contributed by atoms with E-state index in [0.29, 0.717) is 18.5 Å². The van der Waals surface area contributed by atoms with Crippen molar-refractivity contribution in [3.63, 3.8) is 0 Å². The molecule has 0 atom stereocenters. The molecule has 0 fully saturated rings. The first kappa shape index (κ1) is 23.2. The zero-order valence-corrected chi connectivity index (χ0v) is 20.0. The number of hydrogen-bond donors (Lipinski definition) is 2. The number of aryl methyl sites for hydroxylation is 1. The number of furan rings is 1. The van der Waals surface area contributed by atoms with Crippen LogP contribution >= 0.6 is 0 Å². The molecule has 2 aromatic heterocycles. The van der Waals surface area contributed by atoms with Crippen LogP contribution in [0.3, 0.4) is 0 Å². The van der Waals surface area contributed by atoms with Crippen LogP contribution in [0.1, 0.15) is 56.3 Å². The Kier molecular flexibility index (Phi) is 6.71. The lowest BCUT2D eigenvalue weighted by Crippen LogP contribution is -2.24. The van der Waals surface area contributed by atoms with Crippen molar-refractivity contribution in [2.45, 2.75) is 32.7 Å². The Bertz CT molecular complexity index is 1410. The molecule has 2 aromatic carbocycles. The molecule has 7 nitrogen and oxygen atoms in total. The van der Waals surface area contributed by atoms with E-state index in [0.717, 1.165) is 52.3 Å². The van der Waals surface area contributed by atoms with Gasteiger partial charge in [0.05, 0.1) is 18.0 Å². The van der Waals surface area contributed by atoms with E-state index < -0.39 is 0 Å². The maximum absolute atomic E-state index is 12.8. The smallest absolute Gasteiger partial charge is 0.287 e. The standard InChI is InChI=1S/C29H26N4O3/c1-19-26-24(32-33-28(34)22-15-13-21(14-16-22)20-8-3-2-4-9-20)11-7-12-25(26)36-27(19)29(35)31-18-23-10-5-6-17-30-23/h2-6,8-10,13-17H,7,11-12,18H2,1H3,(H,31,35)(H,33,34)/b32-24+. The van der Waals surface area contributed by atoms with Gasteiger partial charge in [-0.1, -0.05) is 48.5 Å². The summed E-state index contributed by atoms with van der Waals surface area (Å²) in [4.78, 5) is 29.8. The van der Waals surface area contributed by atoms with Crippen molar-refractivity contribution in [1.29, 1.82) is 0 Å². The van der Waals surface area contributed by atoms with Gasteiger partial charge in [-0.05, 0) is 55.2 Å². The van der Waals surface area contributed by atoms with E-state index in [1.54, 1.807) is 18.3 Å². The van der Waals surface area contributed by atoms with Gasteiger partial charge in [0.2, 0.25) is 0 Å². The third-order valence-corrected chi connectivity index (χ3v) is 6.23. The molecule has 2 amide bonds. The predicted molar refractivity (Wildman–Crippen MR) is 138 cm³/mol. The number of amides is 2. The van der Waals surface area contributed by atoms with Gasteiger partial charge in [-0.25, -0.2) is 5.43 Å². The fraction of sp³-hybridized carbons (Fsp3) is 0.172. The molecule has 1 aliphatic rings. The average Bonchev–Trinajstić information content (AvgIpc) is 3.28. The highest BCUT2D eigenvalue weighted by Gasteiger charge is 2.28. The zero-order valence-electron chi connectivity index (χ0n) is 20.0. The molecule has 0 aliphatic heterocycles. The zero-order chi connectivity index (χ0) is 24.9. The number of rotatable bonds is 6. The van der Waals surface area contributed by atoms with Crippen LogP contribution in [-0.2, 0) is 13.0 Å². The van der Waals surface area contributed by atoms with Crippen LogP contribution in [0.2, 0.25) is 0 Å². The highest BCUT2D eigenvalue weighted by atomic mass is 16.4. The van der Waals surface area contributed by atoms with E-state index in [1.165, 1.54) is 0 Å². The molecule has 4 aromatic rings. The van der Waals surface area contributed by atoms with Gasteiger partial charge in [-0.15, -0.1) is 0 Å². The van der Waals surface area contributed by atoms with Gasteiger partial charge in [-0.3, -0.25) is 14.6 Å². The Labute approximate surface area is 209 Å². The molecule has 7 heteroatoms. The molecule has 180 valence electrons. The number of benzene rings is 2. The molecule has 0 bridgehead atoms. The van der Waals surface area contributed by atoms with Crippen LogP contribution in [-0.4, -0.2) is 22.5 Å². The van der Waals surface area contributed by atoms with Gasteiger partial charge in [0, 0.05) is 29.3 Å². The summed E-state index contributed by atoms with van der Waals surface area (Å²) in [7, 11) is 0. The minimum atomic E-state index is -0.297. The lowest BCUT2D eigenvalue weighted by Gasteiger charge is -2.13.